The Morgan fingerprint density at radius 3 is 2.69 bits per heavy atom. The summed E-state index contributed by atoms with van der Waals surface area (Å²) in [5.41, 5.74) is 7.05. The number of nitrogens with two attached hydrogens (primary N) is 1. The Morgan fingerprint density at radius 1 is 1.25 bits per heavy atom. The van der Waals surface area contributed by atoms with E-state index < -0.39 is 9.84 Å². The molecule has 2 aromatic rings. The molecule has 5 heteroatoms. The molecule has 0 aliphatic carbocycles. The normalized spacial score (nSPS) is 11.8. The molecular formula is C11H12N2O2S. The van der Waals surface area contributed by atoms with Crippen LogP contribution in [0.4, 0.5) is 5.82 Å². The van der Waals surface area contributed by atoms with Crippen molar-refractivity contribution in [3.05, 3.63) is 35.9 Å². The average Bonchev–Trinajstić information content (AvgIpc) is 2.15. The predicted octanol–water partition coefficient (Wildman–Crippen LogP) is 1.36. The SMILES string of the molecule is CS(=O)(=O)Cc1cccc2nc(N)ccc12. The van der Waals surface area contributed by atoms with Crippen molar-refractivity contribution in [2.75, 3.05) is 12.0 Å². The first-order valence-electron chi connectivity index (χ1n) is 4.77. The third-order valence-corrected chi connectivity index (χ3v) is 3.10. The minimum absolute atomic E-state index is 0.0237. The highest BCUT2D eigenvalue weighted by molar-refractivity contribution is 7.89. The van der Waals surface area contributed by atoms with E-state index in [2.05, 4.69) is 4.98 Å². The van der Waals surface area contributed by atoms with Gasteiger partial charge in [0.1, 0.15) is 5.82 Å². The van der Waals surface area contributed by atoms with Crippen LogP contribution < -0.4 is 5.73 Å². The molecule has 0 radical (unpaired) electrons. The number of nitrogen functional groups attached to an aromatic ring is 1. The Morgan fingerprint density at radius 2 is 2.00 bits per heavy atom. The molecule has 0 saturated carbocycles. The summed E-state index contributed by atoms with van der Waals surface area (Å²) < 4.78 is 22.5. The molecule has 0 aliphatic rings. The maximum atomic E-state index is 11.3. The van der Waals surface area contributed by atoms with Gasteiger partial charge in [0.15, 0.2) is 9.84 Å². The third-order valence-electron chi connectivity index (χ3n) is 2.26. The van der Waals surface area contributed by atoms with Crippen molar-refractivity contribution in [1.82, 2.24) is 4.98 Å². The smallest absolute Gasteiger partial charge is 0.151 e. The number of aromatic nitrogens is 1. The number of sulfone groups is 1. The first-order valence-corrected chi connectivity index (χ1v) is 6.83. The molecule has 0 unspecified atom stereocenters. The van der Waals surface area contributed by atoms with Crippen molar-refractivity contribution in [3.8, 4) is 0 Å². The second-order valence-corrected chi connectivity index (χ2v) is 5.93. The summed E-state index contributed by atoms with van der Waals surface area (Å²) in [4.78, 5) is 4.15. The molecule has 4 nitrogen and oxygen atoms in total. The molecule has 1 heterocycles. The standard InChI is InChI=1S/C11H12N2O2S/c1-16(14,15)7-8-3-2-4-10-9(8)5-6-11(12)13-10/h2-6H,7H2,1H3,(H2,12,13). The van der Waals surface area contributed by atoms with Crippen molar-refractivity contribution in [2.45, 2.75) is 5.75 Å². The Balaban J connectivity index is 2.63. The molecule has 1 aromatic carbocycles. The van der Waals surface area contributed by atoms with Crippen molar-refractivity contribution in [1.29, 1.82) is 0 Å². The first-order chi connectivity index (χ1) is 7.46. The Hall–Kier alpha value is -1.62. The van der Waals surface area contributed by atoms with Crippen LogP contribution in [0.1, 0.15) is 5.56 Å². The van der Waals surface area contributed by atoms with Crippen molar-refractivity contribution >= 4 is 26.6 Å². The van der Waals surface area contributed by atoms with Crippen LogP contribution in [0.3, 0.4) is 0 Å². The molecule has 2 N–H and O–H groups in total. The summed E-state index contributed by atoms with van der Waals surface area (Å²) in [6.45, 7) is 0. The van der Waals surface area contributed by atoms with E-state index in [1.165, 1.54) is 6.26 Å². The van der Waals surface area contributed by atoms with Crippen LogP contribution in [0, 0.1) is 0 Å². The Labute approximate surface area is 94.0 Å². The zero-order valence-electron chi connectivity index (χ0n) is 8.84. The van der Waals surface area contributed by atoms with Gasteiger partial charge >= 0.3 is 0 Å². The average molecular weight is 236 g/mol. The minimum Gasteiger partial charge on any atom is -0.384 e. The fourth-order valence-corrected chi connectivity index (χ4v) is 2.46. The van der Waals surface area contributed by atoms with Gasteiger partial charge in [-0.2, -0.15) is 0 Å². The number of anilines is 1. The second-order valence-electron chi connectivity index (χ2n) is 3.79. The Bertz CT molecular complexity index is 635. The van der Waals surface area contributed by atoms with E-state index in [1.54, 1.807) is 24.3 Å². The van der Waals surface area contributed by atoms with E-state index in [9.17, 15) is 8.42 Å². The number of rotatable bonds is 2. The Kier molecular flexibility index (Phi) is 2.55. The van der Waals surface area contributed by atoms with Crippen LogP contribution in [-0.4, -0.2) is 19.7 Å². The highest BCUT2D eigenvalue weighted by Gasteiger charge is 2.08. The summed E-state index contributed by atoms with van der Waals surface area (Å²) >= 11 is 0. The van der Waals surface area contributed by atoms with Crippen molar-refractivity contribution in [2.24, 2.45) is 0 Å². The lowest BCUT2D eigenvalue weighted by Crippen LogP contribution is -2.01. The lowest BCUT2D eigenvalue weighted by Gasteiger charge is -2.05. The summed E-state index contributed by atoms with van der Waals surface area (Å²) in [6, 6.07) is 8.88. The second kappa shape index (κ2) is 3.75. The molecule has 16 heavy (non-hydrogen) atoms. The number of benzene rings is 1. The third kappa shape index (κ3) is 2.30. The van der Waals surface area contributed by atoms with Crippen LogP contribution in [0.5, 0.6) is 0 Å². The van der Waals surface area contributed by atoms with Crippen LogP contribution in [-0.2, 0) is 15.6 Å². The molecule has 0 aliphatic heterocycles. The maximum absolute atomic E-state index is 11.3. The van der Waals surface area contributed by atoms with E-state index >= 15 is 0 Å². The quantitative estimate of drug-likeness (QED) is 0.854. The van der Waals surface area contributed by atoms with E-state index in [4.69, 9.17) is 5.73 Å². The molecule has 84 valence electrons. The van der Waals surface area contributed by atoms with Crippen LogP contribution in [0.15, 0.2) is 30.3 Å². The highest BCUT2D eigenvalue weighted by atomic mass is 32.2. The zero-order valence-corrected chi connectivity index (χ0v) is 9.66. The maximum Gasteiger partial charge on any atom is 0.151 e. The van der Waals surface area contributed by atoms with Crippen molar-refractivity contribution < 1.29 is 8.42 Å². The lowest BCUT2D eigenvalue weighted by molar-refractivity contribution is 0.601. The fraction of sp³-hybridized carbons (Fsp3) is 0.182. The van der Waals surface area contributed by atoms with Gasteiger partial charge in [-0.1, -0.05) is 12.1 Å². The summed E-state index contributed by atoms with van der Waals surface area (Å²) in [6.07, 6.45) is 1.22. The number of hydrogen-bond donors (Lipinski definition) is 1. The minimum atomic E-state index is -3.04. The van der Waals surface area contributed by atoms with Gasteiger partial charge in [0.25, 0.3) is 0 Å². The van der Waals surface area contributed by atoms with Gasteiger partial charge in [-0.05, 0) is 23.8 Å². The van der Waals surface area contributed by atoms with Gasteiger partial charge in [0.2, 0.25) is 0 Å². The lowest BCUT2D eigenvalue weighted by atomic mass is 10.1. The number of nitrogens with zero attached hydrogens (tertiary/aromatic N) is 1. The molecule has 0 amide bonds. The largest absolute Gasteiger partial charge is 0.384 e. The van der Waals surface area contributed by atoms with Crippen LogP contribution in [0.25, 0.3) is 10.9 Å². The van der Waals surface area contributed by atoms with E-state index in [0.29, 0.717) is 5.82 Å². The topological polar surface area (TPSA) is 73.0 Å². The van der Waals surface area contributed by atoms with E-state index in [-0.39, 0.29) is 5.75 Å². The highest BCUT2D eigenvalue weighted by Crippen LogP contribution is 2.20. The molecule has 0 fully saturated rings. The molecular weight excluding hydrogens is 224 g/mol. The fourth-order valence-electron chi connectivity index (χ4n) is 1.64. The van der Waals surface area contributed by atoms with Gasteiger partial charge in [-0.25, -0.2) is 13.4 Å². The molecule has 0 atom stereocenters. The van der Waals surface area contributed by atoms with Gasteiger partial charge in [-0.15, -0.1) is 0 Å². The summed E-state index contributed by atoms with van der Waals surface area (Å²) in [7, 11) is -3.04. The number of hydrogen-bond acceptors (Lipinski definition) is 4. The molecule has 0 spiro atoms. The molecule has 0 saturated heterocycles. The van der Waals surface area contributed by atoms with Gasteiger partial charge in [0, 0.05) is 11.6 Å². The van der Waals surface area contributed by atoms with E-state index in [1.807, 2.05) is 6.07 Å². The van der Waals surface area contributed by atoms with E-state index in [0.717, 1.165) is 16.5 Å². The van der Waals surface area contributed by atoms with Crippen LogP contribution in [0.2, 0.25) is 0 Å². The van der Waals surface area contributed by atoms with Gasteiger partial charge in [0.05, 0.1) is 11.3 Å². The van der Waals surface area contributed by atoms with Gasteiger partial charge < -0.3 is 5.73 Å². The number of fused-ring (bicyclic) bond motifs is 1. The molecule has 0 bridgehead atoms. The first kappa shape index (κ1) is 10.9. The predicted molar refractivity (Wildman–Crippen MR) is 64.7 cm³/mol. The monoisotopic (exact) mass is 236 g/mol. The van der Waals surface area contributed by atoms with Crippen LogP contribution >= 0.6 is 0 Å². The summed E-state index contributed by atoms with van der Waals surface area (Å²) in [5, 5.41) is 0.835. The molecule has 2 rings (SSSR count). The number of pyridine rings is 1. The summed E-state index contributed by atoms with van der Waals surface area (Å²) in [5.74, 6) is 0.458. The zero-order chi connectivity index (χ0) is 11.8. The van der Waals surface area contributed by atoms with Crippen molar-refractivity contribution in [3.63, 3.8) is 0 Å². The van der Waals surface area contributed by atoms with Gasteiger partial charge in [-0.3, -0.25) is 0 Å². The molecule has 1 aromatic heterocycles.